The van der Waals surface area contributed by atoms with Gasteiger partial charge in [-0.05, 0) is 33.9 Å². The fourth-order valence-corrected chi connectivity index (χ4v) is 2.67. The van der Waals surface area contributed by atoms with E-state index in [0.29, 0.717) is 6.04 Å². The molecule has 2 unspecified atom stereocenters. The molecule has 0 aromatic carbocycles. The first-order chi connectivity index (χ1) is 9.07. The number of aliphatic hydroxyl groups excluding tert-OH is 1. The van der Waals surface area contributed by atoms with Crippen LogP contribution in [0.1, 0.15) is 84.5 Å². The zero-order valence-corrected chi connectivity index (χ0v) is 13.8. The highest BCUT2D eigenvalue weighted by Crippen LogP contribution is 2.15. The fourth-order valence-electron chi connectivity index (χ4n) is 2.67. The minimum atomic E-state index is -0.175. The maximum absolute atomic E-state index is 9.49. The van der Waals surface area contributed by atoms with Crippen molar-refractivity contribution in [3.8, 4) is 0 Å². The normalized spacial score (nSPS) is 14.8. The summed E-state index contributed by atoms with van der Waals surface area (Å²) in [5.74, 6) is 0. The van der Waals surface area contributed by atoms with Gasteiger partial charge in [-0.1, -0.05) is 64.7 Å². The summed E-state index contributed by atoms with van der Waals surface area (Å²) in [6, 6.07) is 0.546. The molecule has 0 aromatic heterocycles. The highest BCUT2D eigenvalue weighted by molar-refractivity contribution is 4.69. The van der Waals surface area contributed by atoms with Gasteiger partial charge in [-0.2, -0.15) is 0 Å². The molecule has 0 aromatic rings. The summed E-state index contributed by atoms with van der Waals surface area (Å²) in [7, 11) is 4.25. The lowest BCUT2D eigenvalue weighted by Gasteiger charge is -2.25. The molecular formula is C17H37NO. The van der Waals surface area contributed by atoms with Crippen molar-refractivity contribution >= 4 is 0 Å². The van der Waals surface area contributed by atoms with Crippen molar-refractivity contribution in [1.82, 2.24) is 4.90 Å². The van der Waals surface area contributed by atoms with Crippen LogP contribution in [0, 0.1) is 0 Å². The Morgan fingerprint density at radius 2 is 1.32 bits per heavy atom. The zero-order valence-electron chi connectivity index (χ0n) is 13.8. The summed E-state index contributed by atoms with van der Waals surface area (Å²) >= 11 is 0. The molecule has 0 radical (unpaired) electrons. The Morgan fingerprint density at radius 3 is 1.74 bits per heavy atom. The largest absolute Gasteiger partial charge is 0.393 e. The molecule has 0 saturated heterocycles. The first-order valence-electron chi connectivity index (χ1n) is 8.42. The molecule has 0 fully saturated rings. The number of hydrogen-bond donors (Lipinski definition) is 1. The average molecular weight is 271 g/mol. The van der Waals surface area contributed by atoms with Gasteiger partial charge in [-0.3, -0.25) is 0 Å². The van der Waals surface area contributed by atoms with Crippen molar-refractivity contribution in [2.24, 2.45) is 0 Å². The second-order valence-electron chi connectivity index (χ2n) is 6.32. The van der Waals surface area contributed by atoms with Crippen molar-refractivity contribution in [2.45, 2.75) is 96.6 Å². The molecule has 0 aliphatic rings. The van der Waals surface area contributed by atoms with Crippen LogP contribution in [0.4, 0.5) is 0 Å². The van der Waals surface area contributed by atoms with Gasteiger partial charge in [0.25, 0.3) is 0 Å². The molecule has 0 heterocycles. The van der Waals surface area contributed by atoms with E-state index in [1.54, 1.807) is 0 Å². The van der Waals surface area contributed by atoms with Crippen LogP contribution in [0.2, 0.25) is 0 Å². The number of nitrogens with zero attached hydrogens (tertiary/aromatic N) is 1. The second-order valence-corrected chi connectivity index (χ2v) is 6.32. The van der Waals surface area contributed by atoms with E-state index < -0.39 is 0 Å². The lowest BCUT2D eigenvalue weighted by molar-refractivity contribution is 0.133. The summed E-state index contributed by atoms with van der Waals surface area (Å²) < 4.78 is 0. The van der Waals surface area contributed by atoms with Crippen molar-refractivity contribution in [2.75, 3.05) is 14.1 Å². The van der Waals surface area contributed by atoms with Crippen LogP contribution in [-0.4, -0.2) is 36.2 Å². The number of hydrogen-bond acceptors (Lipinski definition) is 2. The van der Waals surface area contributed by atoms with Gasteiger partial charge in [0.15, 0.2) is 0 Å². The van der Waals surface area contributed by atoms with Crippen LogP contribution in [0.15, 0.2) is 0 Å². The van der Waals surface area contributed by atoms with Crippen molar-refractivity contribution in [3.63, 3.8) is 0 Å². The van der Waals surface area contributed by atoms with Gasteiger partial charge >= 0.3 is 0 Å². The third-order valence-electron chi connectivity index (χ3n) is 3.98. The lowest BCUT2D eigenvalue weighted by Crippen LogP contribution is -2.31. The second kappa shape index (κ2) is 12.9. The van der Waals surface area contributed by atoms with Crippen molar-refractivity contribution < 1.29 is 5.11 Å². The average Bonchev–Trinajstić information content (AvgIpc) is 2.34. The number of rotatable bonds is 13. The van der Waals surface area contributed by atoms with E-state index in [2.05, 4.69) is 25.9 Å². The van der Waals surface area contributed by atoms with E-state index in [4.69, 9.17) is 0 Å². The summed E-state index contributed by atoms with van der Waals surface area (Å²) in [5.41, 5.74) is 0. The third-order valence-corrected chi connectivity index (χ3v) is 3.98. The zero-order chi connectivity index (χ0) is 14.5. The topological polar surface area (TPSA) is 23.5 Å². The molecule has 1 N–H and O–H groups in total. The summed E-state index contributed by atoms with van der Waals surface area (Å²) in [6.07, 6.45) is 14.5. The van der Waals surface area contributed by atoms with E-state index in [9.17, 15) is 5.11 Å². The van der Waals surface area contributed by atoms with E-state index in [0.717, 1.165) is 6.42 Å². The molecule has 0 aliphatic carbocycles. The fraction of sp³-hybridized carbons (Fsp3) is 1.00. The van der Waals surface area contributed by atoms with Crippen LogP contribution < -0.4 is 0 Å². The summed E-state index contributed by atoms with van der Waals surface area (Å²) in [5, 5.41) is 9.49. The minimum Gasteiger partial charge on any atom is -0.393 e. The van der Waals surface area contributed by atoms with E-state index in [1.165, 1.54) is 64.2 Å². The quantitative estimate of drug-likeness (QED) is 0.495. The predicted octanol–water partition coefficient (Wildman–Crippen LogP) is 4.61. The maximum Gasteiger partial charge on any atom is 0.0527 e. The van der Waals surface area contributed by atoms with Gasteiger partial charge in [0, 0.05) is 6.04 Å². The SMILES string of the molecule is CCCCCCCCCCCC(CC(C)O)N(C)C. The first kappa shape index (κ1) is 18.9. The highest BCUT2D eigenvalue weighted by atomic mass is 16.3. The van der Waals surface area contributed by atoms with Crippen LogP contribution in [0.25, 0.3) is 0 Å². The monoisotopic (exact) mass is 271 g/mol. The Bertz CT molecular complexity index is 180. The molecule has 0 aliphatic heterocycles. The predicted molar refractivity (Wildman–Crippen MR) is 85.6 cm³/mol. The number of aliphatic hydroxyl groups is 1. The molecule has 0 rings (SSSR count). The van der Waals surface area contributed by atoms with Crippen LogP contribution in [-0.2, 0) is 0 Å². The highest BCUT2D eigenvalue weighted by Gasteiger charge is 2.13. The van der Waals surface area contributed by atoms with E-state index in [-0.39, 0.29) is 6.10 Å². The third kappa shape index (κ3) is 12.7. The van der Waals surface area contributed by atoms with Gasteiger partial charge in [-0.15, -0.1) is 0 Å². The number of unbranched alkanes of at least 4 members (excludes halogenated alkanes) is 8. The molecule has 116 valence electrons. The van der Waals surface area contributed by atoms with E-state index >= 15 is 0 Å². The molecule has 0 amide bonds. The first-order valence-corrected chi connectivity index (χ1v) is 8.42. The minimum absolute atomic E-state index is 0.175. The molecule has 2 atom stereocenters. The Kier molecular flexibility index (Phi) is 12.9. The summed E-state index contributed by atoms with van der Waals surface area (Å²) in [6.45, 7) is 4.17. The van der Waals surface area contributed by atoms with Crippen LogP contribution in [0.5, 0.6) is 0 Å². The Balaban J connectivity index is 3.40. The van der Waals surface area contributed by atoms with E-state index in [1.807, 2.05) is 6.92 Å². The Morgan fingerprint density at radius 1 is 0.842 bits per heavy atom. The van der Waals surface area contributed by atoms with Crippen molar-refractivity contribution in [3.05, 3.63) is 0 Å². The Hall–Kier alpha value is -0.0800. The smallest absolute Gasteiger partial charge is 0.0527 e. The van der Waals surface area contributed by atoms with Gasteiger partial charge in [0.05, 0.1) is 6.10 Å². The summed E-state index contributed by atoms with van der Waals surface area (Å²) in [4.78, 5) is 2.26. The molecule has 19 heavy (non-hydrogen) atoms. The molecule has 2 nitrogen and oxygen atoms in total. The van der Waals surface area contributed by atoms with Crippen LogP contribution >= 0.6 is 0 Å². The maximum atomic E-state index is 9.49. The van der Waals surface area contributed by atoms with Crippen LogP contribution in [0.3, 0.4) is 0 Å². The molecule has 2 heteroatoms. The molecule has 0 bridgehead atoms. The van der Waals surface area contributed by atoms with Crippen molar-refractivity contribution in [1.29, 1.82) is 0 Å². The lowest BCUT2D eigenvalue weighted by atomic mass is 10.0. The van der Waals surface area contributed by atoms with Gasteiger partial charge in [0.1, 0.15) is 0 Å². The van der Waals surface area contributed by atoms with Gasteiger partial charge in [0.2, 0.25) is 0 Å². The standard InChI is InChI=1S/C17H37NO/c1-5-6-7-8-9-10-11-12-13-14-17(18(3)4)15-16(2)19/h16-17,19H,5-15H2,1-4H3. The van der Waals surface area contributed by atoms with Gasteiger partial charge < -0.3 is 10.0 Å². The molecule has 0 spiro atoms. The molecular weight excluding hydrogens is 234 g/mol. The molecule has 0 saturated carbocycles. The Labute approximate surface area is 121 Å². The van der Waals surface area contributed by atoms with Gasteiger partial charge in [-0.25, -0.2) is 0 Å².